The van der Waals surface area contributed by atoms with Crippen molar-refractivity contribution in [3.63, 3.8) is 0 Å². The second kappa shape index (κ2) is 7.60. The van der Waals surface area contributed by atoms with E-state index in [0.717, 1.165) is 31.6 Å². The first kappa shape index (κ1) is 20.7. The molecule has 0 aliphatic carbocycles. The normalized spacial score (nSPS) is 24.6. The van der Waals surface area contributed by atoms with Crippen LogP contribution in [0.3, 0.4) is 0 Å². The van der Waals surface area contributed by atoms with Gasteiger partial charge in [-0.1, -0.05) is 22.9 Å². The molecule has 3 heterocycles. The summed E-state index contributed by atoms with van der Waals surface area (Å²) in [6.45, 7) is 1.60. The van der Waals surface area contributed by atoms with Gasteiger partial charge in [0.25, 0.3) is 10.0 Å². The highest BCUT2D eigenvalue weighted by molar-refractivity contribution is 7.93. The third-order valence-corrected chi connectivity index (χ3v) is 7.96. The second-order valence-corrected chi connectivity index (χ2v) is 10.3. The number of nitrogens with one attached hydrogen (secondary N) is 2. The van der Waals surface area contributed by atoms with E-state index in [1.807, 2.05) is 4.72 Å². The number of halogens is 4. The fraction of sp³-hybridized carbons (Fsp3) is 0.471. The Morgan fingerprint density at radius 3 is 2.90 bits per heavy atom. The van der Waals surface area contributed by atoms with Crippen LogP contribution in [0.2, 0.25) is 5.02 Å². The smallest absolute Gasteiger partial charge is 0.266 e. The lowest BCUT2D eigenvalue weighted by Crippen LogP contribution is -2.44. The highest BCUT2D eigenvalue weighted by Crippen LogP contribution is 2.41. The van der Waals surface area contributed by atoms with Gasteiger partial charge in [-0.05, 0) is 37.9 Å². The quantitative estimate of drug-likeness (QED) is 0.676. The molecule has 0 saturated carbocycles. The molecule has 12 heteroatoms. The Bertz CT molecular complexity index is 1040. The number of rotatable bonds is 6. The van der Waals surface area contributed by atoms with E-state index in [-0.39, 0.29) is 21.4 Å². The van der Waals surface area contributed by atoms with Crippen LogP contribution in [0.15, 0.2) is 23.2 Å². The molecular formula is C17H18ClF3N4O2S2. The van der Waals surface area contributed by atoms with Gasteiger partial charge in [0.15, 0.2) is 16.1 Å². The molecule has 0 radical (unpaired) electrons. The molecule has 29 heavy (non-hydrogen) atoms. The second-order valence-electron chi connectivity index (χ2n) is 7.24. The molecule has 0 spiro atoms. The Hall–Kier alpha value is -1.56. The van der Waals surface area contributed by atoms with Gasteiger partial charge in [-0.3, -0.25) is 9.62 Å². The van der Waals surface area contributed by atoms with Crippen LogP contribution in [0.25, 0.3) is 0 Å². The Morgan fingerprint density at radius 2 is 2.17 bits per heavy atom. The van der Waals surface area contributed by atoms with Gasteiger partial charge in [-0.15, -0.1) is 0 Å². The van der Waals surface area contributed by atoms with E-state index in [9.17, 15) is 21.6 Å². The van der Waals surface area contributed by atoms with Crippen LogP contribution in [0.1, 0.15) is 19.3 Å². The average Bonchev–Trinajstić information content (AvgIpc) is 3.29. The number of nitrogens with zero attached hydrogens (tertiary/aromatic N) is 2. The van der Waals surface area contributed by atoms with Gasteiger partial charge in [0, 0.05) is 18.6 Å². The molecule has 2 saturated heterocycles. The number of benzene rings is 1. The summed E-state index contributed by atoms with van der Waals surface area (Å²) in [5, 5.41) is 1.78. The minimum Gasteiger partial charge on any atom is -0.382 e. The molecule has 2 N–H and O–H groups in total. The third kappa shape index (κ3) is 3.92. The van der Waals surface area contributed by atoms with Gasteiger partial charge in [0.05, 0.1) is 11.9 Å². The number of hydrogen-bond donors (Lipinski definition) is 2. The molecule has 0 bridgehead atoms. The molecule has 2 fully saturated rings. The maximum absolute atomic E-state index is 14.7. The van der Waals surface area contributed by atoms with E-state index in [4.69, 9.17) is 11.6 Å². The number of sulfonamides is 1. The number of hydrogen-bond acceptors (Lipinski definition) is 6. The standard InChI is InChI=1S/C17H18ClF3N4O2S2/c18-14-11(23-9-17-4-1-5-25(17)8-10(19)6-17)2-3-12(15(14)21)29(26,27)24-16-22-7-13(20)28-16/h2-3,7,10,23H,1,4-6,8-9H2,(H,22,24)/t10-,17+/m1/s1. The van der Waals surface area contributed by atoms with Gasteiger partial charge in [0.1, 0.15) is 16.1 Å². The number of thiazole rings is 1. The summed E-state index contributed by atoms with van der Waals surface area (Å²) in [7, 11) is -4.34. The fourth-order valence-corrected chi connectivity index (χ4v) is 6.26. The number of fused-ring (bicyclic) bond motifs is 1. The van der Waals surface area contributed by atoms with E-state index in [0.29, 0.717) is 30.8 Å². The maximum atomic E-state index is 14.7. The summed E-state index contributed by atoms with van der Waals surface area (Å²) in [4.78, 5) is 4.99. The van der Waals surface area contributed by atoms with Crippen molar-refractivity contribution >= 4 is 43.8 Å². The first-order valence-electron chi connectivity index (χ1n) is 8.95. The minimum absolute atomic E-state index is 0.220. The molecule has 0 amide bonds. The molecule has 0 unspecified atom stereocenters. The van der Waals surface area contributed by atoms with Crippen LogP contribution in [-0.4, -0.2) is 49.6 Å². The first-order chi connectivity index (χ1) is 13.7. The van der Waals surface area contributed by atoms with Crippen LogP contribution < -0.4 is 10.0 Å². The Morgan fingerprint density at radius 1 is 1.38 bits per heavy atom. The molecule has 2 aliphatic rings. The summed E-state index contributed by atoms with van der Waals surface area (Å²) in [5.41, 5.74) is -0.104. The maximum Gasteiger partial charge on any atom is 0.266 e. The van der Waals surface area contributed by atoms with Crippen molar-refractivity contribution in [3.8, 4) is 0 Å². The van der Waals surface area contributed by atoms with E-state index < -0.39 is 32.0 Å². The number of anilines is 2. The monoisotopic (exact) mass is 466 g/mol. The molecule has 4 rings (SSSR count). The zero-order valence-electron chi connectivity index (χ0n) is 15.1. The Labute approximate surface area is 175 Å². The largest absolute Gasteiger partial charge is 0.382 e. The van der Waals surface area contributed by atoms with Gasteiger partial charge >= 0.3 is 0 Å². The zero-order valence-corrected chi connectivity index (χ0v) is 17.5. The van der Waals surface area contributed by atoms with Gasteiger partial charge in [-0.25, -0.2) is 22.2 Å². The predicted molar refractivity (Wildman–Crippen MR) is 106 cm³/mol. The molecule has 1 aromatic carbocycles. The van der Waals surface area contributed by atoms with E-state index in [2.05, 4.69) is 15.2 Å². The van der Waals surface area contributed by atoms with Crippen molar-refractivity contribution in [2.75, 3.05) is 29.7 Å². The fourth-order valence-electron chi connectivity index (χ4n) is 4.11. The molecule has 158 valence electrons. The summed E-state index contributed by atoms with van der Waals surface area (Å²) in [6, 6.07) is 2.44. The minimum atomic E-state index is -4.34. The van der Waals surface area contributed by atoms with Crippen LogP contribution in [0.4, 0.5) is 24.0 Å². The topological polar surface area (TPSA) is 74.3 Å². The zero-order chi connectivity index (χ0) is 20.8. The molecule has 2 aromatic rings. The van der Waals surface area contributed by atoms with Crippen molar-refractivity contribution in [2.45, 2.75) is 35.9 Å². The highest BCUT2D eigenvalue weighted by Gasteiger charge is 2.48. The Kier molecular flexibility index (Phi) is 5.43. The van der Waals surface area contributed by atoms with Crippen LogP contribution in [0, 0.1) is 10.9 Å². The molecule has 6 nitrogen and oxygen atoms in total. The summed E-state index contributed by atoms with van der Waals surface area (Å²) in [6.07, 6.45) is 2.17. The van der Waals surface area contributed by atoms with E-state index in [1.54, 1.807) is 0 Å². The molecule has 2 atom stereocenters. The van der Waals surface area contributed by atoms with Gasteiger partial charge < -0.3 is 5.32 Å². The lowest BCUT2D eigenvalue weighted by molar-refractivity contribution is 0.209. The van der Waals surface area contributed by atoms with Crippen molar-refractivity contribution in [1.82, 2.24) is 9.88 Å². The van der Waals surface area contributed by atoms with Crippen LogP contribution >= 0.6 is 22.9 Å². The average molecular weight is 467 g/mol. The lowest BCUT2D eigenvalue weighted by atomic mass is 9.93. The molecule has 2 aliphatic heterocycles. The summed E-state index contributed by atoms with van der Waals surface area (Å²) < 4.78 is 68.5. The summed E-state index contributed by atoms with van der Waals surface area (Å²) in [5.74, 6) is -1.13. The SMILES string of the molecule is O=S(=O)(Nc1ncc(F)s1)c1ccc(NC[C@@]23CCCN2C[C@H](F)C3)c(Cl)c1F. The van der Waals surface area contributed by atoms with Crippen LogP contribution in [-0.2, 0) is 10.0 Å². The molecular weight excluding hydrogens is 449 g/mol. The van der Waals surface area contributed by atoms with E-state index >= 15 is 0 Å². The Balaban J connectivity index is 1.53. The van der Waals surface area contributed by atoms with Gasteiger partial charge in [-0.2, -0.15) is 4.39 Å². The lowest BCUT2D eigenvalue weighted by Gasteiger charge is -2.32. The highest BCUT2D eigenvalue weighted by atomic mass is 35.5. The van der Waals surface area contributed by atoms with Crippen molar-refractivity contribution < 1.29 is 21.6 Å². The molecule has 1 aromatic heterocycles. The first-order valence-corrected chi connectivity index (χ1v) is 11.6. The van der Waals surface area contributed by atoms with Crippen molar-refractivity contribution in [2.24, 2.45) is 0 Å². The number of aromatic nitrogens is 1. The van der Waals surface area contributed by atoms with E-state index in [1.165, 1.54) is 6.07 Å². The third-order valence-electron chi connectivity index (χ3n) is 5.40. The van der Waals surface area contributed by atoms with Gasteiger partial charge in [0.2, 0.25) is 0 Å². The van der Waals surface area contributed by atoms with Crippen molar-refractivity contribution in [3.05, 3.63) is 34.3 Å². The number of alkyl halides is 1. The summed E-state index contributed by atoms with van der Waals surface area (Å²) >= 11 is 6.56. The predicted octanol–water partition coefficient (Wildman–Crippen LogP) is 3.86. The van der Waals surface area contributed by atoms with Crippen LogP contribution in [0.5, 0.6) is 0 Å². The van der Waals surface area contributed by atoms with Crippen molar-refractivity contribution in [1.29, 1.82) is 0 Å².